The van der Waals surface area contributed by atoms with Crippen LogP contribution in [0.3, 0.4) is 0 Å². The fourth-order valence-electron chi connectivity index (χ4n) is 2.89. The van der Waals surface area contributed by atoms with Gasteiger partial charge in [-0.25, -0.2) is 9.78 Å². The molecule has 130 valence electrons. The zero-order valence-electron chi connectivity index (χ0n) is 14.2. The number of piperazine rings is 1. The molecule has 0 spiro atoms. The van der Waals surface area contributed by atoms with Crippen LogP contribution in [0.15, 0.2) is 29.3 Å². The van der Waals surface area contributed by atoms with Crippen molar-refractivity contribution in [3.8, 4) is 0 Å². The Bertz CT molecular complexity index is 645. The van der Waals surface area contributed by atoms with Crippen molar-refractivity contribution >= 4 is 6.03 Å². The molecule has 1 aliphatic heterocycles. The van der Waals surface area contributed by atoms with Crippen molar-refractivity contribution in [2.45, 2.75) is 33.0 Å². The van der Waals surface area contributed by atoms with Gasteiger partial charge in [0.05, 0.1) is 12.0 Å². The maximum absolute atomic E-state index is 12.3. The maximum atomic E-state index is 12.3. The van der Waals surface area contributed by atoms with E-state index in [1.165, 1.54) is 0 Å². The third-order valence-corrected chi connectivity index (χ3v) is 4.14. The van der Waals surface area contributed by atoms with Gasteiger partial charge in [-0.3, -0.25) is 4.90 Å². The van der Waals surface area contributed by atoms with Gasteiger partial charge in [0, 0.05) is 63.8 Å². The Balaban J connectivity index is 1.41. The monoisotopic (exact) mass is 332 g/mol. The van der Waals surface area contributed by atoms with Crippen LogP contribution in [0.4, 0.5) is 4.79 Å². The number of amides is 2. The first kappa shape index (κ1) is 16.5. The van der Waals surface area contributed by atoms with E-state index in [9.17, 15) is 4.79 Å². The Morgan fingerprint density at radius 3 is 2.79 bits per heavy atom. The molecule has 24 heavy (non-hydrogen) atoms. The number of rotatable bonds is 5. The zero-order chi connectivity index (χ0) is 16.9. The third kappa shape index (κ3) is 4.35. The highest BCUT2D eigenvalue weighted by Gasteiger charge is 2.22. The molecule has 1 aliphatic rings. The van der Waals surface area contributed by atoms with E-state index in [4.69, 9.17) is 4.52 Å². The predicted molar refractivity (Wildman–Crippen MR) is 88.3 cm³/mol. The van der Waals surface area contributed by atoms with Crippen LogP contribution in [0.1, 0.15) is 18.4 Å². The van der Waals surface area contributed by atoms with Crippen molar-refractivity contribution in [2.75, 3.05) is 26.2 Å². The van der Waals surface area contributed by atoms with Crippen LogP contribution in [0.25, 0.3) is 0 Å². The summed E-state index contributed by atoms with van der Waals surface area (Å²) in [6, 6.07) is 2.01. The predicted octanol–water partition coefficient (Wildman–Crippen LogP) is 1.10. The minimum Gasteiger partial charge on any atom is -0.361 e. The van der Waals surface area contributed by atoms with Gasteiger partial charge in [0.1, 0.15) is 5.76 Å². The lowest BCUT2D eigenvalue weighted by molar-refractivity contribution is 0.131. The summed E-state index contributed by atoms with van der Waals surface area (Å²) in [5, 5.41) is 7.07. The van der Waals surface area contributed by atoms with E-state index in [0.29, 0.717) is 0 Å². The van der Waals surface area contributed by atoms with Gasteiger partial charge in [0.15, 0.2) is 0 Å². The molecule has 0 unspecified atom stereocenters. The van der Waals surface area contributed by atoms with Crippen molar-refractivity contribution in [2.24, 2.45) is 0 Å². The smallest absolute Gasteiger partial charge is 0.317 e. The third-order valence-electron chi connectivity index (χ3n) is 4.14. The lowest BCUT2D eigenvalue weighted by Gasteiger charge is -2.34. The van der Waals surface area contributed by atoms with Crippen molar-refractivity contribution in [3.63, 3.8) is 0 Å². The molecule has 0 bridgehead atoms. The van der Waals surface area contributed by atoms with E-state index in [0.717, 1.165) is 50.7 Å². The molecule has 1 N–H and O–H groups in total. The van der Waals surface area contributed by atoms with E-state index in [1.807, 2.05) is 35.6 Å². The number of imidazole rings is 1. The molecule has 0 aromatic carbocycles. The van der Waals surface area contributed by atoms with Crippen molar-refractivity contribution in [1.82, 2.24) is 29.8 Å². The molecule has 1 saturated heterocycles. The topological polar surface area (TPSA) is 79.4 Å². The Labute approximate surface area is 141 Å². The summed E-state index contributed by atoms with van der Waals surface area (Å²) in [6.45, 7) is 8.51. The molecule has 2 aromatic heterocycles. The Hall–Kier alpha value is -2.35. The van der Waals surface area contributed by atoms with Crippen LogP contribution < -0.4 is 5.32 Å². The quantitative estimate of drug-likeness (QED) is 0.887. The Morgan fingerprint density at radius 1 is 1.38 bits per heavy atom. The highest BCUT2D eigenvalue weighted by Crippen LogP contribution is 2.09. The van der Waals surface area contributed by atoms with Crippen LogP contribution in [0.5, 0.6) is 0 Å². The normalized spacial score (nSPS) is 17.0. The van der Waals surface area contributed by atoms with Crippen LogP contribution in [0.2, 0.25) is 0 Å². The fraction of sp³-hybridized carbons (Fsp3) is 0.562. The first-order valence-electron chi connectivity index (χ1n) is 8.26. The Morgan fingerprint density at radius 2 is 2.17 bits per heavy atom. The van der Waals surface area contributed by atoms with Gasteiger partial charge in [-0.1, -0.05) is 5.16 Å². The minimum atomic E-state index is -0.000420. The first-order valence-corrected chi connectivity index (χ1v) is 8.26. The molecular weight excluding hydrogens is 308 g/mol. The molecule has 3 rings (SSSR count). The van der Waals surface area contributed by atoms with Crippen LogP contribution in [0, 0.1) is 6.92 Å². The van der Waals surface area contributed by atoms with E-state index < -0.39 is 0 Å². The summed E-state index contributed by atoms with van der Waals surface area (Å²) in [5.41, 5.74) is 0.944. The van der Waals surface area contributed by atoms with Crippen molar-refractivity contribution in [3.05, 3.63) is 36.2 Å². The van der Waals surface area contributed by atoms with Crippen molar-refractivity contribution < 1.29 is 9.32 Å². The summed E-state index contributed by atoms with van der Waals surface area (Å²) in [7, 11) is 0. The van der Waals surface area contributed by atoms with Crippen LogP contribution in [-0.2, 0) is 13.1 Å². The molecule has 0 aliphatic carbocycles. The molecule has 1 atom stereocenters. The van der Waals surface area contributed by atoms with Crippen LogP contribution in [-0.4, -0.2) is 62.8 Å². The summed E-state index contributed by atoms with van der Waals surface area (Å²) >= 11 is 0. The first-order chi connectivity index (χ1) is 11.6. The average Bonchev–Trinajstić information content (AvgIpc) is 3.20. The summed E-state index contributed by atoms with van der Waals surface area (Å²) in [4.78, 5) is 20.5. The van der Waals surface area contributed by atoms with E-state index in [-0.39, 0.29) is 12.1 Å². The number of carbonyl (C=O) groups is 1. The summed E-state index contributed by atoms with van der Waals surface area (Å²) in [5.74, 6) is 0.829. The highest BCUT2D eigenvalue weighted by atomic mass is 16.5. The van der Waals surface area contributed by atoms with Crippen molar-refractivity contribution in [1.29, 1.82) is 0 Å². The zero-order valence-corrected chi connectivity index (χ0v) is 14.2. The van der Waals surface area contributed by atoms with Gasteiger partial charge in [-0.05, 0) is 13.8 Å². The number of urea groups is 1. The molecule has 2 aromatic rings. The lowest BCUT2D eigenvalue weighted by atomic mass is 10.3. The second-order valence-corrected chi connectivity index (χ2v) is 6.30. The van der Waals surface area contributed by atoms with E-state index >= 15 is 0 Å². The molecule has 0 radical (unpaired) electrons. The largest absolute Gasteiger partial charge is 0.361 e. The van der Waals surface area contributed by atoms with Gasteiger partial charge in [0.2, 0.25) is 0 Å². The van der Waals surface area contributed by atoms with E-state index in [2.05, 4.69) is 20.4 Å². The van der Waals surface area contributed by atoms with E-state index in [1.54, 1.807) is 12.5 Å². The van der Waals surface area contributed by atoms with Gasteiger partial charge in [0.25, 0.3) is 0 Å². The second-order valence-electron chi connectivity index (χ2n) is 6.30. The number of hydrogen-bond donors (Lipinski definition) is 1. The van der Waals surface area contributed by atoms with Gasteiger partial charge in [-0.15, -0.1) is 0 Å². The molecule has 2 amide bonds. The number of carbonyl (C=O) groups excluding carboxylic acids is 1. The highest BCUT2D eigenvalue weighted by molar-refractivity contribution is 5.74. The standard InChI is InChI=1S/C16H24N6O2/c1-13(10-21-4-3-17-12-21)18-16(23)22-7-5-20(6-8-22)11-15-9-14(2)24-19-15/h3-4,9,12-13H,5-8,10-11H2,1-2H3,(H,18,23)/t13-/m0/s1. The molecule has 8 nitrogen and oxygen atoms in total. The molecule has 8 heteroatoms. The number of aryl methyl sites for hydroxylation is 1. The lowest BCUT2D eigenvalue weighted by Crippen LogP contribution is -2.53. The van der Waals surface area contributed by atoms with Gasteiger partial charge in [-0.2, -0.15) is 0 Å². The Kier molecular flexibility index (Phi) is 5.14. The van der Waals surface area contributed by atoms with Gasteiger partial charge < -0.3 is 19.3 Å². The molecule has 0 saturated carbocycles. The average molecular weight is 332 g/mol. The number of hydrogen-bond acceptors (Lipinski definition) is 5. The molecule has 3 heterocycles. The molecular formula is C16H24N6O2. The summed E-state index contributed by atoms with van der Waals surface area (Å²) in [6.07, 6.45) is 5.39. The molecule has 1 fully saturated rings. The number of nitrogens with one attached hydrogen (secondary N) is 1. The maximum Gasteiger partial charge on any atom is 0.317 e. The second kappa shape index (κ2) is 7.48. The SMILES string of the molecule is Cc1cc(CN2CCN(C(=O)N[C@@H](C)Cn3ccnc3)CC2)no1. The van der Waals surface area contributed by atoms with Gasteiger partial charge >= 0.3 is 6.03 Å². The number of nitrogens with zero attached hydrogens (tertiary/aromatic N) is 5. The fourth-order valence-corrected chi connectivity index (χ4v) is 2.89. The van der Waals surface area contributed by atoms with Crippen LogP contribution >= 0.6 is 0 Å². The minimum absolute atomic E-state index is 0.000420. The number of aromatic nitrogens is 3. The summed E-state index contributed by atoms with van der Waals surface area (Å²) < 4.78 is 7.06.